The van der Waals surface area contributed by atoms with Gasteiger partial charge in [-0.25, -0.2) is 4.79 Å². The summed E-state index contributed by atoms with van der Waals surface area (Å²) >= 11 is 6.09. The molecule has 2 rings (SSSR count). The molecule has 1 aliphatic rings. The Balaban J connectivity index is 2.27. The first-order chi connectivity index (χ1) is 9.07. The van der Waals surface area contributed by atoms with E-state index in [0.29, 0.717) is 29.1 Å². The molecule has 0 bridgehead atoms. The second kappa shape index (κ2) is 5.50. The zero-order valence-electron chi connectivity index (χ0n) is 10.4. The van der Waals surface area contributed by atoms with Crippen molar-refractivity contribution in [2.24, 2.45) is 0 Å². The van der Waals surface area contributed by atoms with Crippen LogP contribution < -0.4 is 5.32 Å². The Morgan fingerprint density at radius 3 is 2.58 bits per heavy atom. The van der Waals surface area contributed by atoms with Crippen molar-refractivity contribution < 1.29 is 9.90 Å². The fourth-order valence-corrected chi connectivity index (χ4v) is 2.72. The molecule has 0 unspecified atom stereocenters. The maximum Gasteiger partial charge on any atom is 0.329 e. The van der Waals surface area contributed by atoms with Crippen LogP contribution in [0.2, 0.25) is 5.02 Å². The molecule has 0 atom stereocenters. The van der Waals surface area contributed by atoms with E-state index in [1.54, 1.807) is 18.2 Å². The largest absolute Gasteiger partial charge is 0.480 e. The monoisotopic (exact) mass is 278 g/mol. The fourth-order valence-electron chi connectivity index (χ4n) is 2.49. The van der Waals surface area contributed by atoms with E-state index in [-0.39, 0.29) is 0 Å². The number of hydrogen-bond acceptors (Lipinski definition) is 3. The van der Waals surface area contributed by atoms with Crippen LogP contribution in [-0.4, -0.2) is 16.6 Å². The van der Waals surface area contributed by atoms with Crippen molar-refractivity contribution in [1.82, 2.24) is 0 Å². The van der Waals surface area contributed by atoms with Gasteiger partial charge in [-0.05, 0) is 31.0 Å². The van der Waals surface area contributed by atoms with Crippen molar-refractivity contribution >= 4 is 23.3 Å². The second-order valence-corrected chi connectivity index (χ2v) is 5.29. The summed E-state index contributed by atoms with van der Waals surface area (Å²) in [6.45, 7) is 0. The molecule has 1 saturated carbocycles. The third-order valence-electron chi connectivity index (χ3n) is 3.59. The molecule has 19 heavy (non-hydrogen) atoms. The lowest BCUT2D eigenvalue weighted by Gasteiger charge is -2.35. The number of nitrogens with one attached hydrogen (secondary N) is 1. The van der Waals surface area contributed by atoms with Crippen LogP contribution in [0.25, 0.3) is 0 Å². The van der Waals surface area contributed by atoms with E-state index in [2.05, 4.69) is 5.32 Å². The molecule has 0 heterocycles. The number of nitriles is 1. The summed E-state index contributed by atoms with van der Waals surface area (Å²) in [5.74, 6) is -0.840. The van der Waals surface area contributed by atoms with Gasteiger partial charge in [-0.3, -0.25) is 0 Å². The summed E-state index contributed by atoms with van der Waals surface area (Å²) in [6.07, 6.45) is 4.05. The minimum absolute atomic E-state index is 0.380. The summed E-state index contributed by atoms with van der Waals surface area (Å²) < 4.78 is 0. The van der Waals surface area contributed by atoms with Crippen molar-refractivity contribution in [3.8, 4) is 6.07 Å². The van der Waals surface area contributed by atoms with Gasteiger partial charge in [0.1, 0.15) is 5.54 Å². The summed E-state index contributed by atoms with van der Waals surface area (Å²) in [4.78, 5) is 11.6. The predicted molar refractivity (Wildman–Crippen MR) is 73.2 cm³/mol. The lowest BCUT2D eigenvalue weighted by atomic mass is 9.81. The number of aliphatic carboxylic acids is 1. The van der Waals surface area contributed by atoms with Crippen LogP contribution in [-0.2, 0) is 4.79 Å². The van der Waals surface area contributed by atoms with Crippen molar-refractivity contribution in [1.29, 1.82) is 5.26 Å². The van der Waals surface area contributed by atoms with E-state index in [9.17, 15) is 9.90 Å². The molecule has 1 aromatic rings. The van der Waals surface area contributed by atoms with Crippen molar-refractivity contribution in [3.05, 3.63) is 28.8 Å². The molecule has 0 amide bonds. The fraction of sp³-hybridized carbons (Fsp3) is 0.429. The van der Waals surface area contributed by atoms with Gasteiger partial charge in [-0.2, -0.15) is 5.26 Å². The van der Waals surface area contributed by atoms with Crippen molar-refractivity contribution in [2.75, 3.05) is 5.32 Å². The molecule has 0 aliphatic heterocycles. The van der Waals surface area contributed by atoms with Gasteiger partial charge in [0.05, 0.1) is 22.3 Å². The van der Waals surface area contributed by atoms with Gasteiger partial charge in [0.15, 0.2) is 0 Å². The summed E-state index contributed by atoms with van der Waals surface area (Å²) in [7, 11) is 0. The smallest absolute Gasteiger partial charge is 0.329 e. The average molecular weight is 279 g/mol. The lowest BCUT2D eigenvalue weighted by Crippen LogP contribution is -2.47. The molecule has 0 saturated heterocycles. The van der Waals surface area contributed by atoms with Crippen LogP contribution in [0.15, 0.2) is 18.2 Å². The molecule has 0 aromatic heterocycles. The molecule has 1 aromatic carbocycles. The van der Waals surface area contributed by atoms with Crippen molar-refractivity contribution in [3.63, 3.8) is 0 Å². The van der Waals surface area contributed by atoms with Crippen LogP contribution in [0, 0.1) is 11.3 Å². The first kappa shape index (κ1) is 13.7. The molecule has 0 spiro atoms. The maximum absolute atomic E-state index is 11.6. The molecule has 0 radical (unpaired) electrons. The van der Waals surface area contributed by atoms with Crippen LogP contribution in [0.3, 0.4) is 0 Å². The van der Waals surface area contributed by atoms with E-state index < -0.39 is 11.5 Å². The Hall–Kier alpha value is -1.73. The molecule has 4 nitrogen and oxygen atoms in total. The summed E-state index contributed by atoms with van der Waals surface area (Å²) in [5, 5.41) is 21.7. The minimum Gasteiger partial charge on any atom is -0.480 e. The molecule has 2 N–H and O–H groups in total. The van der Waals surface area contributed by atoms with E-state index in [4.69, 9.17) is 16.9 Å². The van der Waals surface area contributed by atoms with E-state index in [0.717, 1.165) is 19.3 Å². The normalized spacial score (nSPS) is 17.5. The van der Waals surface area contributed by atoms with Crippen LogP contribution in [0.1, 0.15) is 37.7 Å². The Morgan fingerprint density at radius 1 is 1.37 bits per heavy atom. The summed E-state index contributed by atoms with van der Waals surface area (Å²) in [6, 6.07) is 6.84. The van der Waals surface area contributed by atoms with Gasteiger partial charge in [0, 0.05) is 0 Å². The van der Waals surface area contributed by atoms with E-state index >= 15 is 0 Å². The number of nitrogens with zero attached hydrogens (tertiary/aromatic N) is 1. The molecule has 5 heteroatoms. The third kappa shape index (κ3) is 2.82. The second-order valence-electron chi connectivity index (χ2n) is 4.88. The van der Waals surface area contributed by atoms with Crippen LogP contribution >= 0.6 is 11.6 Å². The minimum atomic E-state index is -0.934. The number of benzene rings is 1. The van der Waals surface area contributed by atoms with E-state index in [1.807, 2.05) is 6.07 Å². The Bertz CT molecular complexity index is 531. The first-order valence-electron chi connectivity index (χ1n) is 6.29. The quantitative estimate of drug-likeness (QED) is 0.888. The van der Waals surface area contributed by atoms with Crippen LogP contribution in [0.4, 0.5) is 5.69 Å². The number of halogens is 1. The zero-order valence-corrected chi connectivity index (χ0v) is 11.2. The Kier molecular flexibility index (Phi) is 3.96. The average Bonchev–Trinajstić information content (AvgIpc) is 2.42. The van der Waals surface area contributed by atoms with Gasteiger partial charge in [-0.1, -0.05) is 30.9 Å². The predicted octanol–water partition coefficient (Wildman–Crippen LogP) is 3.41. The molecule has 1 fully saturated rings. The highest BCUT2D eigenvalue weighted by molar-refractivity contribution is 6.33. The standard InChI is InChI=1S/C14H15ClN2O2/c15-11-8-10(9-16)4-5-12(11)17-14(13(18)19)6-2-1-3-7-14/h4-5,8,17H,1-3,6-7H2,(H,18,19). The van der Waals surface area contributed by atoms with Gasteiger partial charge in [0.25, 0.3) is 0 Å². The van der Waals surface area contributed by atoms with Gasteiger partial charge >= 0.3 is 5.97 Å². The lowest BCUT2D eigenvalue weighted by molar-refractivity contribution is -0.143. The topological polar surface area (TPSA) is 73.1 Å². The SMILES string of the molecule is N#Cc1ccc(NC2(C(=O)O)CCCCC2)c(Cl)c1. The molecule has 1 aliphatic carbocycles. The van der Waals surface area contributed by atoms with Gasteiger partial charge in [0.2, 0.25) is 0 Å². The zero-order chi connectivity index (χ0) is 13.9. The first-order valence-corrected chi connectivity index (χ1v) is 6.66. The van der Waals surface area contributed by atoms with Crippen LogP contribution in [0.5, 0.6) is 0 Å². The van der Waals surface area contributed by atoms with Crippen molar-refractivity contribution in [2.45, 2.75) is 37.6 Å². The number of carbonyl (C=O) groups is 1. The number of carboxylic acids is 1. The highest BCUT2D eigenvalue weighted by Gasteiger charge is 2.39. The summed E-state index contributed by atoms with van der Waals surface area (Å²) in [5.41, 5.74) is 0.101. The van der Waals surface area contributed by atoms with E-state index in [1.165, 1.54) is 0 Å². The Morgan fingerprint density at radius 2 is 2.05 bits per heavy atom. The van der Waals surface area contributed by atoms with Gasteiger partial charge < -0.3 is 10.4 Å². The number of anilines is 1. The number of hydrogen-bond donors (Lipinski definition) is 2. The van der Waals surface area contributed by atoms with Gasteiger partial charge in [-0.15, -0.1) is 0 Å². The number of rotatable bonds is 3. The Labute approximate surface area is 117 Å². The highest BCUT2D eigenvalue weighted by atomic mass is 35.5. The molecular formula is C14H15ClN2O2. The number of carboxylic acid groups (broad SMARTS) is 1. The maximum atomic E-state index is 11.6. The molecule has 100 valence electrons. The molecular weight excluding hydrogens is 264 g/mol. The highest BCUT2D eigenvalue weighted by Crippen LogP contribution is 2.34. The third-order valence-corrected chi connectivity index (χ3v) is 3.90.